The minimum atomic E-state index is -1.16. The largest absolute Gasteiger partial charge is 0.495 e. The Hall–Kier alpha value is -5.04. The van der Waals surface area contributed by atoms with E-state index in [2.05, 4.69) is 15.6 Å². The van der Waals surface area contributed by atoms with Gasteiger partial charge in [0.2, 0.25) is 5.91 Å². The molecule has 7 rings (SSSR count). The molecule has 1 aliphatic carbocycles. The summed E-state index contributed by atoms with van der Waals surface area (Å²) in [5.41, 5.74) is 16.7. The molecule has 2 aliphatic rings. The first-order valence-electron chi connectivity index (χ1n) is 15.7. The summed E-state index contributed by atoms with van der Waals surface area (Å²) in [6.45, 7) is 1.08. The average molecular weight is 641 g/mol. The molecule has 0 spiro atoms. The van der Waals surface area contributed by atoms with Gasteiger partial charge in [0.15, 0.2) is 5.82 Å². The summed E-state index contributed by atoms with van der Waals surface area (Å²) < 4.78 is 29.7. The van der Waals surface area contributed by atoms with Crippen molar-refractivity contribution < 1.29 is 23.5 Å². The maximum Gasteiger partial charge on any atom is 0.254 e. The topological polar surface area (TPSA) is 156 Å². The second-order valence-corrected chi connectivity index (χ2v) is 12.6. The van der Waals surface area contributed by atoms with Gasteiger partial charge in [0, 0.05) is 48.9 Å². The molecule has 1 saturated heterocycles. The van der Waals surface area contributed by atoms with Crippen molar-refractivity contribution in [2.24, 2.45) is 24.4 Å². The van der Waals surface area contributed by atoms with Crippen LogP contribution in [0.2, 0.25) is 0 Å². The molecule has 1 aromatic carbocycles. The van der Waals surface area contributed by atoms with E-state index in [1.165, 1.54) is 12.0 Å². The quantitative estimate of drug-likeness (QED) is 0.248. The monoisotopic (exact) mass is 640 g/mol. The van der Waals surface area contributed by atoms with Gasteiger partial charge in [-0.05, 0) is 61.6 Å². The van der Waals surface area contributed by atoms with Crippen molar-refractivity contribution >= 4 is 33.9 Å². The number of hydrogen-bond donors (Lipinski definition) is 2. The van der Waals surface area contributed by atoms with Gasteiger partial charge in [-0.15, -0.1) is 0 Å². The molecule has 2 atom stereocenters. The second-order valence-electron chi connectivity index (χ2n) is 12.6. The predicted molar refractivity (Wildman–Crippen MR) is 175 cm³/mol. The second kappa shape index (κ2) is 12.0. The molecular formula is C34H37FN8O4. The highest BCUT2D eigenvalue weighted by atomic mass is 19.1. The molecule has 2 fully saturated rings. The standard InChI is InChI=1S/C34H37FN8O4/c1-41-31-26(8-20(10-29(31)47-3)34(45)42-16-22(35)12-23(36)17-42)40-33(41)27-9-19-6-7-24(39-32(19)43(27)15-18-4-5-18)21-11-28(46-2)25(38-14-21)13-30(37)44/h6-11,14,18,22-23H,4-5,12-13,15-17,36H2,1-3H3,(H2,37,44)/t22-,23-/m1/s1. The van der Waals surface area contributed by atoms with Crippen molar-refractivity contribution in [3.8, 4) is 34.3 Å². The van der Waals surface area contributed by atoms with Gasteiger partial charge in [-0.2, -0.15) is 0 Å². The lowest BCUT2D eigenvalue weighted by atomic mass is 10.0. The van der Waals surface area contributed by atoms with Gasteiger partial charge in [-0.25, -0.2) is 14.4 Å². The van der Waals surface area contributed by atoms with Gasteiger partial charge < -0.3 is 35.0 Å². The van der Waals surface area contributed by atoms with E-state index in [-0.39, 0.29) is 25.3 Å². The number of ether oxygens (including phenoxy) is 2. The zero-order chi connectivity index (χ0) is 33.0. The molecule has 2 amide bonds. The van der Waals surface area contributed by atoms with Crippen molar-refractivity contribution in [3.05, 3.63) is 53.9 Å². The number of nitrogens with zero attached hydrogens (tertiary/aromatic N) is 6. The summed E-state index contributed by atoms with van der Waals surface area (Å²) in [4.78, 5) is 41.0. The molecule has 4 N–H and O–H groups in total. The molecular weight excluding hydrogens is 603 g/mol. The Balaban J connectivity index is 1.31. The first-order chi connectivity index (χ1) is 22.6. The third kappa shape index (κ3) is 5.75. The lowest BCUT2D eigenvalue weighted by Crippen LogP contribution is -2.50. The maximum atomic E-state index is 14.3. The average Bonchev–Trinajstić information content (AvgIpc) is 3.72. The van der Waals surface area contributed by atoms with Crippen LogP contribution >= 0.6 is 0 Å². The molecule has 0 radical (unpaired) electrons. The van der Waals surface area contributed by atoms with Gasteiger partial charge in [0.25, 0.3) is 5.91 Å². The highest BCUT2D eigenvalue weighted by molar-refractivity contribution is 6.00. The summed E-state index contributed by atoms with van der Waals surface area (Å²) in [6.07, 6.45) is 3.02. The number of carbonyl (C=O) groups is 2. The highest BCUT2D eigenvalue weighted by Crippen LogP contribution is 2.38. The predicted octanol–water partition coefficient (Wildman–Crippen LogP) is 3.62. The number of primary amides is 1. The van der Waals surface area contributed by atoms with Crippen LogP contribution in [-0.4, -0.2) is 80.3 Å². The Kier molecular flexibility index (Phi) is 7.79. The number of benzene rings is 1. The molecule has 1 aliphatic heterocycles. The number of halogens is 1. The highest BCUT2D eigenvalue weighted by Gasteiger charge is 2.31. The normalized spacial score (nSPS) is 18.2. The van der Waals surface area contributed by atoms with Crippen LogP contribution in [0.4, 0.5) is 4.39 Å². The van der Waals surface area contributed by atoms with E-state index < -0.39 is 18.1 Å². The van der Waals surface area contributed by atoms with Crippen molar-refractivity contribution in [1.82, 2.24) is 29.0 Å². The minimum Gasteiger partial charge on any atom is -0.495 e. The summed E-state index contributed by atoms with van der Waals surface area (Å²) >= 11 is 0. The molecule has 5 heterocycles. The maximum absolute atomic E-state index is 14.3. The smallest absolute Gasteiger partial charge is 0.254 e. The molecule has 0 bridgehead atoms. The molecule has 4 aromatic heterocycles. The van der Waals surface area contributed by atoms with Crippen LogP contribution in [0, 0.1) is 5.92 Å². The van der Waals surface area contributed by atoms with E-state index in [1.807, 2.05) is 29.8 Å². The number of likely N-dealkylation sites (tertiary alicyclic amines) is 1. The van der Waals surface area contributed by atoms with E-state index in [4.69, 9.17) is 30.9 Å². The Morgan fingerprint density at radius 1 is 1.04 bits per heavy atom. The molecule has 1 saturated carbocycles. The molecule has 47 heavy (non-hydrogen) atoms. The minimum absolute atomic E-state index is 0.0109. The third-order valence-electron chi connectivity index (χ3n) is 9.02. The molecule has 12 nitrogen and oxygen atoms in total. The van der Waals surface area contributed by atoms with Gasteiger partial charge in [0.05, 0.1) is 49.8 Å². The van der Waals surface area contributed by atoms with Crippen molar-refractivity contribution in [3.63, 3.8) is 0 Å². The Bertz CT molecular complexity index is 2020. The van der Waals surface area contributed by atoms with E-state index in [9.17, 15) is 14.0 Å². The third-order valence-corrected chi connectivity index (χ3v) is 9.02. The zero-order valence-electron chi connectivity index (χ0n) is 26.6. The zero-order valence-corrected chi connectivity index (χ0v) is 26.6. The number of hydrogen-bond acceptors (Lipinski definition) is 8. The van der Waals surface area contributed by atoms with E-state index >= 15 is 0 Å². The Morgan fingerprint density at radius 3 is 2.53 bits per heavy atom. The fraction of sp³-hybridized carbons (Fsp3) is 0.382. The first-order valence-corrected chi connectivity index (χ1v) is 15.7. The van der Waals surface area contributed by atoms with Crippen LogP contribution in [0.1, 0.15) is 35.3 Å². The number of nitrogens with two attached hydrogens (primary N) is 2. The van der Waals surface area contributed by atoms with Crippen molar-refractivity contribution in [2.75, 3.05) is 27.3 Å². The van der Waals surface area contributed by atoms with Crippen LogP contribution in [-0.2, 0) is 24.8 Å². The summed E-state index contributed by atoms with van der Waals surface area (Å²) in [5.74, 6) is 1.41. The van der Waals surface area contributed by atoms with Crippen LogP contribution < -0.4 is 20.9 Å². The number of amides is 2. The number of imidazole rings is 1. The van der Waals surface area contributed by atoms with Gasteiger partial charge in [-0.3, -0.25) is 14.6 Å². The Morgan fingerprint density at radius 2 is 1.83 bits per heavy atom. The van der Waals surface area contributed by atoms with E-state index in [1.54, 1.807) is 25.4 Å². The van der Waals surface area contributed by atoms with Crippen LogP contribution in [0.3, 0.4) is 0 Å². The number of aromatic nitrogens is 5. The van der Waals surface area contributed by atoms with Crippen LogP contribution in [0.5, 0.6) is 11.5 Å². The molecule has 5 aromatic rings. The lowest BCUT2D eigenvalue weighted by Gasteiger charge is -2.33. The molecule has 244 valence electrons. The Labute approximate surface area is 270 Å². The fourth-order valence-electron chi connectivity index (χ4n) is 6.55. The number of rotatable bonds is 9. The molecule has 13 heteroatoms. The summed E-state index contributed by atoms with van der Waals surface area (Å²) in [5, 5.41) is 0.951. The number of alkyl halides is 1. The SMILES string of the molecule is COc1cc(-c2ccc3cc(-c4nc5cc(C(=O)N6C[C@H](N)C[C@@H](F)C6)cc(OC)c5n4C)n(CC4CC4)c3n2)cnc1CC(N)=O. The molecule has 0 unspecified atom stereocenters. The number of aryl methyl sites for hydroxylation is 1. The van der Waals surface area contributed by atoms with Gasteiger partial charge >= 0.3 is 0 Å². The number of methoxy groups -OCH3 is 2. The first kappa shape index (κ1) is 30.6. The fourth-order valence-corrected chi connectivity index (χ4v) is 6.55. The number of pyridine rings is 2. The van der Waals surface area contributed by atoms with Gasteiger partial charge in [-0.1, -0.05) is 0 Å². The van der Waals surface area contributed by atoms with Crippen molar-refractivity contribution in [2.45, 2.75) is 44.4 Å². The van der Waals surface area contributed by atoms with Crippen LogP contribution in [0.15, 0.2) is 42.6 Å². The summed E-state index contributed by atoms with van der Waals surface area (Å²) in [7, 11) is 5.02. The number of piperidine rings is 1. The van der Waals surface area contributed by atoms with E-state index in [0.717, 1.165) is 47.2 Å². The number of fused-ring (bicyclic) bond motifs is 2. The number of carbonyl (C=O) groups excluding carboxylic acids is 2. The van der Waals surface area contributed by atoms with Crippen LogP contribution in [0.25, 0.3) is 44.8 Å². The summed E-state index contributed by atoms with van der Waals surface area (Å²) in [6, 6.07) is 10.9. The van der Waals surface area contributed by atoms with Gasteiger partial charge in [0.1, 0.15) is 28.8 Å². The van der Waals surface area contributed by atoms with Crippen molar-refractivity contribution in [1.29, 1.82) is 0 Å². The lowest BCUT2D eigenvalue weighted by molar-refractivity contribution is -0.117. The van der Waals surface area contributed by atoms with E-state index in [0.29, 0.717) is 52.3 Å².